The quantitative estimate of drug-likeness (QED) is 0.180. The first kappa shape index (κ1) is 32.3. The monoisotopic (exact) mass is 676 g/mol. The number of benzene rings is 3. The third kappa shape index (κ3) is 8.26. The summed E-state index contributed by atoms with van der Waals surface area (Å²) >= 11 is 16.4. The lowest BCUT2D eigenvalue weighted by Crippen LogP contribution is -2.50. The summed E-state index contributed by atoms with van der Waals surface area (Å²) < 4.78 is 18.8. The van der Waals surface area contributed by atoms with E-state index in [-0.39, 0.29) is 25.0 Å². The number of halogens is 3. The van der Waals surface area contributed by atoms with Crippen molar-refractivity contribution in [3.05, 3.63) is 97.9 Å². The molecule has 2 atom stereocenters. The van der Waals surface area contributed by atoms with Crippen LogP contribution in [0.3, 0.4) is 0 Å². The Morgan fingerprint density at radius 2 is 1.81 bits per heavy atom. The second kappa shape index (κ2) is 15.2. The van der Waals surface area contributed by atoms with Gasteiger partial charge in [0.1, 0.15) is 5.75 Å². The molecule has 0 saturated carbocycles. The van der Waals surface area contributed by atoms with Crippen LogP contribution in [0.5, 0.6) is 5.75 Å². The van der Waals surface area contributed by atoms with Crippen molar-refractivity contribution in [2.75, 3.05) is 26.4 Å². The highest BCUT2D eigenvalue weighted by Crippen LogP contribution is 2.45. The number of aliphatic hydroxyl groups excluding tert-OH is 1. The molecular weight excluding hydrogens is 643 g/mol. The Bertz CT molecular complexity index is 1370. The van der Waals surface area contributed by atoms with E-state index in [2.05, 4.69) is 21.2 Å². The van der Waals surface area contributed by atoms with Crippen LogP contribution in [-0.2, 0) is 20.7 Å². The van der Waals surface area contributed by atoms with E-state index in [0.717, 1.165) is 10.0 Å². The topological polar surface area (TPSA) is 89.4 Å². The van der Waals surface area contributed by atoms with Gasteiger partial charge in [0.2, 0.25) is 5.90 Å². The predicted molar refractivity (Wildman–Crippen MR) is 170 cm³/mol. The lowest BCUT2D eigenvalue weighted by molar-refractivity contribution is -0.129. The van der Waals surface area contributed by atoms with Crippen LogP contribution in [0.2, 0.25) is 10.0 Å². The fourth-order valence-electron chi connectivity index (χ4n) is 4.63. The molecule has 0 aromatic heterocycles. The summed E-state index contributed by atoms with van der Waals surface area (Å²) in [4.78, 5) is 19.3. The van der Waals surface area contributed by atoms with Crippen LogP contribution in [0, 0.1) is 0 Å². The molecule has 1 heterocycles. The molecule has 0 bridgehead atoms. The maximum Gasteiger partial charge on any atom is 0.252 e. The number of nitrogens with zero attached hydrogens (tertiary/aromatic N) is 1. The minimum atomic E-state index is -1.37. The fourth-order valence-corrected chi connectivity index (χ4v) is 5.40. The largest absolute Gasteiger partial charge is 0.494 e. The first-order valence-corrected chi connectivity index (χ1v) is 15.5. The number of rotatable bonds is 14. The number of nitrogens with one attached hydrogen (secondary N) is 1. The molecule has 0 aliphatic carbocycles. The zero-order valence-corrected chi connectivity index (χ0v) is 26.7. The summed E-state index contributed by atoms with van der Waals surface area (Å²) in [6.45, 7) is 5.37. The summed E-state index contributed by atoms with van der Waals surface area (Å²) in [5.74, 6) is 0.707. The van der Waals surface area contributed by atoms with Crippen LogP contribution in [0.1, 0.15) is 49.5 Å². The maximum atomic E-state index is 14.2. The van der Waals surface area contributed by atoms with Gasteiger partial charge in [0.15, 0.2) is 11.6 Å². The third-order valence-electron chi connectivity index (χ3n) is 6.72. The Morgan fingerprint density at radius 1 is 1.07 bits per heavy atom. The molecule has 7 nitrogen and oxygen atoms in total. The highest BCUT2D eigenvalue weighted by atomic mass is 79.9. The first-order chi connectivity index (χ1) is 20.2. The second-order valence-electron chi connectivity index (χ2n) is 10.3. The zero-order chi connectivity index (χ0) is 30.1. The molecule has 224 valence electrons. The van der Waals surface area contributed by atoms with Gasteiger partial charge in [-0.25, -0.2) is 4.99 Å². The van der Waals surface area contributed by atoms with E-state index in [1.807, 2.05) is 62.4 Å². The van der Waals surface area contributed by atoms with Gasteiger partial charge in [-0.2, -0.15) is 0 Å². The lowest BCUT2D eigenvalue weighted by atomic mass is 9.82. The molecule has 0 saturated heterocycles. The SMILES string of the molecule is CC(C)OCCCNC(=O)[C@]1(Cc2ccc(Br)cc2)N=C(c2ccc(OCCCO)cc2)O[C@@H]1c1ccc(Cl)cc1Cl. The van der Waals surface area contributed by atoms with Crippen LogP contribution in [0.4, 0.5) is 0 Å². The van der Waals surface area contributed by atoms with Gasteiger partial charge in [-0.15, -0.1) is 0 Å². The van der Waals surface area contributed by atoms with E-state index in [0.29, 0.717) is 65.4 Å². The second-order valence-corrected chi connectivity index (χ2v) is 12.0. The zero-order valence-electron chi connectivity index (χ0n) is 23.6. The fraction of sp³-hybridized carbons (Fsp3) is 0.375. The van der Waals surface area contributed by atoms with E-state index in [4.69, 9.17) is 47.5 Å². The molecule has 3 aromatic rings. The van der Waals surface area contributed by atoms with Gasteiger partial charge in [-0.1, -0.05) is 57.3 Å². The minimum absolute atomic E-state index is 0.0602. The molecule has 4 rings (SSSR count). The molecule has 0 spiro atoms. The Labute approximate surface area is 265 Å². The Hall–Kier alpha value is -2.62. The van der Waals surface area contributed by atoms with Gasteiger partial charge in [0, 0.05) is 58.2 Å². The van der Waals surface area contributed by atoms with Crippen LogP contribution in [0.15, 0.2) is 76.2 Å². The van der Waals surface area contributed by atoms with Crippen LogP contribution < -0.4 is 10.1 Å². The van der Waals surface area contributed by atoms with Crippen LogP contribution in [-0.4, -0.2) is 54.9 Å². The molecule has 0 radical (unpaired) electrons. The smallest absolute Gasteiger partial charge is 0.252 e. The maximum absolute atomic E-state index is 14.2. The standard InChI is InChI=1S/C32H35BrCl2N2O5/c1-21(2)40-17-3-15-36-31(39)32(20-22-5-9-24(33)10-6-22)29(27-14-11-25(34)19-28(27)35)42-30(37-32)23-7-12-26(13-8-23)41-18-4-16-38/h5-14,19,21,29,38H,3-4,15-18,20H2,1-2H3,(H,36,39)/t29-,32-/m1/s1. The number of carbonyl (C=O) groups excluding carboxylic acids is 1. The Balaban J connectivity index is 1.73. The van der Waals surface area contributed by atoms with E-state index >= 15 is 0 Å². The summed E-state index contributed by atoms with van der Waals surface area (Å²) in [6.07, 6.45) is 0.749. The van der Waals surface area contributed by atoms with Gasteiger partial charge in [0.25, 0.3) is 5.91 Å². The molecule has 10 heteroatoms. The van der Waals surface area contributed by atoms with Crippen LogP contribution in [0.25, 0.3) is 0 Å². The Kier molecular flexibility index (Phi) is 11.7. The molecule has 0 unspecified atom stereocenters. The van der Waals surface area contributed by atoms with Crippen LogP contribution >= 0.6 is 39.1 Å². The van der Waals surface area contributed by atoms with Crippen molar-refractivity contribution in [2.45, 2.75) is 50.9 Å². The number of aliphatic hydroxyl groups is 1. The van der Waals surface area contributed by atoms with Crippen molar-refractivity contribution >= 4 is 50.9 Å². The molecule has 42 heavy (non-hydrogen) atoms. The van der Waals surface area contributed by atoms with Gasteiger partial charge in [-0.05, 0) is 74.4 Å². The van der Waals surface area contributed by atoms with Crippen molar-refractivity contribution < 1.29 is 24.1 Å². The Morgan fingerprint density at radius 3 is 2.48 bits per heavy atom. The van der Waals surface area contributed by atoms with Crippen molar-refractivity contribution in [1.82, 2.24) is 5.32 Å². The van der Waals surface area contributed by atoms with Crippen molar-refractivity contribution in [3.8, 4) is 5.75 Å². The van der Waals surface area contributed by atoms with Crippen molar-refractivity contribution in [1.29, 1.82) is 0 Å². The first-order valence-electron chi connectivity index (χ1n) is 13.9. The molecule has 1 amide bonds. The number of aliphatic imine (C=N–C) groups is 1. The average Bonchev–Trinajstić information content (AvgIpc) is 3.34. The van der Waals surface area contributed by atoms with Gasteiger partial charge in [0.05, 0.1) is 12.7 Å². The predicted octanol–water partition coefficient (Wildman–Crippen LogP) is 6.95. The average molecular weight is 678 g/mol. The summed E-state index contributed by atoms with van der Waals surface area (Å²) in [5.41, 5.74) is 0.845. The van der Waals surface area contributed by atoms with E-state index in [9.17, 15) is 4.79 Å². The van der Waals surface area contributed by atoms with Gasteiger partial charge >= 0.3 is 0 Å². The minimum Gasteiger partial charge on any atom is -0.494 e. The molecular formula is C32H35BrCl2N2O5. The lowest BCUT2D eigenvalue weighted by Gasteiger charge is -2.31. The molecule has 1 aliphatic heterocycles. The van der Waals surface area contributed by atoms with E-state index < -0.39 is 11.6 Å². The molecule has 0 fully saturated rings. The van der Waals surface area contributed by atoms with Gasteiger partial charge in [-0.3, -0.25) is 4.79 Å². The van der Waals surface area contributed by atoms with E-state index in [1.54, 1.807) is 18.2 Å². The van der Waals surface area contributed by atoms with Gasteiger partial charge < -0.3 is 24.6 Å². The molecule has 3 aromatic carbocycles. The summed E-state index contributed by atoms with van der Waals surface area (Å²) in [7, 11) is 0. The van der Waals surface area contributed by atoms with E-state index in [1.165, 1.54) is 0 Å². The number of amides is 1. The number of ether oxygens (including phenoxy) is 3. The normalized spacial score (nSPS) is 18.1. The molecule has 1 aliphatic rings. The summed E-state index contributed by atoms with van der Waals surface area (Å²) in [6, 6.07) is 20.2. The highest BCUT2D eigenvalue weighted by Gasteiger charge is 2.53. The van der Waals surface area contributed by atoms with Crippen molar-refractivity contribution in [2.24, 2.45) is 4.99 Å². The summed E-state index contributed by atoms with van der Waals surface area (Å²) in [5, 5.41) is 13.0. The molecule has 2 N–H and O–H groups in total. The highest BCUT2D eigenvalue weighted by molar-refractivity contribution is 9.10. The number of carbonyl (C=O) groups is 1. The van der Waals surface area contributed by atoms with Crippen molar-refractivity contribution in [3.63, 3.8) is 0 Å². The third-order valence-corrected chi connectivity index (χ3v) is 7.81. The number of hydrogen-bond donors (Lipinski definition) is 2. The number of hydrogen-bond acceptors (Lipinski definition) is 6.